The molecule has 1 heterocycles. The fourth-order valence-corrected chi connectivity index (χ4v) is 2.04. The van der Waals surface area contributed by atoms with E-state index >= 15 is 0 Å². The second-order valence-electron chi connectivity index (χ2n) is 4.11. The Bertz CT molecular complexity index is 255. The summed E-state index contributed by atoms with van der Waals surface area (Å²) in [5.74, 6) is 1.78. The van der Waals surface area contributed by atoms with Gasteiger partial charge in [0.15, 0.2) is 0 Å². The lowest BCUT2D eigenvalue weighted by atomic mass is 10.0. The Kier molecular flexibility index (Phi) is 2.40. The van der Waals surface area contributed by atoms with Crippen LogP contribution in [0.2, 0.25) is 0 Å². The molecule has 0 saturated heterocycles. The normalized spacial score (nSPS) is 28.8. The third-order valence-electron chi connectivity index (χ3n) is 3.10. The van der Waals surface area contributed by atoms with Gasteiger partial charge in [0.1, 0.15) is 0 Å². The molecule has 0 aromatic carbocycles. The predicted molar refractivity (Wildman–Crippen MR) is 52.5 cm³/mol. The van der Waals surface area contributed by atoms with Crippen molar-refractivity contribution in [2.75, 3.05) is 7.05 Å². The van der Waals surface area contributed by atoms with Crippen molar-refractivity contribution in [3.63, 3.8) is 0 Å². The van der Waals surface area contributed by atoms with Crippen LogP contribution >= 0.6 is 0 Å². The second kappa shape index (κ2) is 3.54. The van der Waals surface area contributed by atoms with E-state index in [9.17, 15) is 0 Å². The molecule has 3 unspecified atom stereocenters. The first kappa shape index (κ1) is 8.82. The zero-order valence-electron chi connectivity index (χ0n) is 8.29. The second-order valence-corrected chi connectivity index (χ2v) is 4.11. The SMILES string of the molecule is CNC(Cc1ccoc1)C1CC1C. The smallest absolute Gasteiger partial charge is 0.0935 e. The molecular formula is C11H17NO. The van der Waals surface area contributed by atoms with Crippen LogP contribution in [0.5, 0.6) is 0 Å². The van der Waals surface area contributed by atoms with Gasteiger partial charge in [-0.15, -0.1) is 0 Å². The highest BCUT2D eigenvalue weighted by Crippen LogP contribution is 2.41. The van der Waals surface area contributed by atoms with E-state index in [1.165, 1.54) is 12.0 Å². The van der Waals surface area contributed by atoms with Crippen molar-refractivity contribution in [3.8, 4) is 0 Å². The molecule has 0 aliphatic heterocycles. The average Bonchev–Trinajstić information content (AvgIpc) is 2.68. The maximum Gasteiger partial charge on any atom is 0.0935 e. The summed E-state index contributed by atoms with van der Waals surface area (Å²) in [5, 5.41) is 3.39. The van der Waals surface area contributed by atoms with Crippen molar-refractivity contribution in [1.82, 2.24) is 5.32 Å². The van der Waals surface area contributed by atoms with Gasteiger partial charge < -0.3 is 9.73 Å². The molecule has 2 rings (SSSR count). The standard InChI is InChI=1S/C11H17NO/c1-8-5-10(8)11(12-2)6-9-3-4-13-7-9/h3-4,7-8,10-12H,5-6H2,1-2H3. The van der Waals surface area contributed by atoms with Crippen LogP contribution in [0.3, 0.4) is 0 Å². The van der Waals surface area contributed by atoms with Crippen molar-refractivity contribution < 1.29 is 4.42 Å². The highest BCUT2D eigenvalue weighted by molar-refractivity contribution is 5.09. The molecule has 0 bridgehead atoms. The van der Waals surface area contributed by atoms with E-state index in [0.717, 1.165) is 18.3 Å². The van der Waals surface area contributed by atoms with E-state index in [-0.39, 0.29) is 0 Å². The van der Waals surface area contributed by atoms with Crippen LogP contribution in [0.15, 0.2) is 23.0 Å². The molecule has 1 N–H and O–H groups in total. The van der Waals surface area contributed by atoms with Gasteiger partial charge in [0.05, 0.1) is 12.5 Å². The summed E-state index contributed by atoms with van der Waals surface area (Å²) >= 11 is 0. The van der Waals surface area contributed by atoms with Crippen molar-refractivity contribution in [1.29, 1.82) is 0 Å². The summed E-state index contributed by atoms with van der Waals surface area (Å²) in [7, 11) is 2.05. The molecule has 1 aliphatic rings. The maximum atomic E-state index is 5.06. The number of furan rings is 1. The third-order valence-corrected chi connectivity index (χ3v) is 3.10. The van der Waals surface area contributed by atoms with Gasteiger partial charge in [0.2, 0.25) is 0 Å². The molecule has 0 spiro atoms. The summed E-state index contributed by atoms with van der Waals surface area (Å²) in [4.78, 5) is 0. The Balaban J connectivity index is 1.91. The Morgan fingerprint density at radius 2 is 2.46 bits per heavy atom. The molecule has 1 fully saturated rings. The minimum Gasteiger partial charge on any atom is -0.472 e. The van der Waals surface area contributed by atoms with Crippen LogP contribution in [-0.2, 0) is 6.42 Å². The molecule has 1 aromatic heterocycles. The van der Waals surface area contributed by atoms with Gasteiger partial charge in [0, 0.05) is 6.04 Å². The van der Waals surface area contributed by atoms with Gasteiger partial charge in [-0.3, -0.25) is 0 Å². The Hall–Kier alpha value is -0.760. The van der Waals surface area contributed by atoms with E-state index in [1.807, 2.05) is 6.26 Å². The number of hydrogen-bond donors (Lipinski definition) is 1. The molecule has 13 heavy (non-hydrogen) atoms. The van der Waals surface area contributed by atoms with Gasteiger partial charge in [-0.2, -0.15) is 0 Å². The third kappa shape index (κ3) is 1.94. The molecule has 1 aromatic rings. The Morgan fingerprint density at radius 3 is 2.92 bits per heavy atom. The van der Waals surface area contributed by atoms with Gasteiger partial charge in [0.25, 0.3) is 0 Å². The van der Waals surface area contributed by atoms with Crippen molar-refractivity contribution >= 4 is 0 Å². The first-order valence-corrected chi connectivity index (χ1v) is 4.99. The van der Waals surface area contributed by atoms with Crippen LogP contribution in [0, 0.1) is 11.8 Å². The molecule has 3 atom stereocenters. The van der Waals surface area contributed by atoms with Crippen molar-refractivity contribution in [2.45, 2.75) is 25.8 Å². The number of likely N-dealkylation sites (N-methyl/N-ethyl adjacent to an activating group) is 1. The van der Waals surface area contributed by atoms with E-state index in [1.54, 1.807) is 6.26 Å². The van der Waals surface area contributed by atoms with Crippen LogP contribution in [0.1, 0.15) is 18.9 Å². The van der Waals surface area contributed by atoms with Gasteiger partial charge in [-0.1, -0.05) is 6.92 Å². The van der Waals surface area contributed by atoms with Crippen LogP contribution in [0.25, 0.3) is 0 Å². The van der Waals surface area contributed by atoms with E-state index in [2.05, 4.69) is 25.4 Å². The predicted octanol–water partition coefficient (Wildman–Crippen LogP) is 2.07. The largest absolute Gasteiger partial charge is 0.472 e. The molecule has 1 aliphatic carbocycles. The van der Waals surface area contributed by atoms with Gasteiger partial charge in [-0.25, -0.2) is 0 Å². The van der Waals surface area contributed by atoms with Gasteiger partial charge >= 0.3 is 0 Å². The van der Waals surface area contributed by atoms with Gasteiger partial charge in [-0.05, 0) is 43.4 Å². The van der Waals surface area contributed by atoms with E-state index in [4.69, 9.17) is 4.42 Å². The fourth-order valence-electron chi connectivity index (χ4n) is 2.04. The highest BCUT2D eigenvalue weighted by atomic mass is 16.3. The van der Waals surface area contributed by atoms with Crippen LogP contribution in [0.4, 0.5) is 0 Å². The molecule has 1 saturated carbocycles. The lowest BCUT2D eigenvalue weighted by molar-refractivity contribution is 0.475. The average molecular weight is 179 g/mol. The Morgan fingerprint density at radius 1 is 1.69 bits per heavy atom. The fraction of sp³-hybridized carbons (Fsp3) is 0.636. The molecule has 2 heteroatoms. The summed E-state index contributed by atoms with van der Waals surface area (Å²) in [6.45, 7) is 2.32. The molecule has 0 radical (unpaired) electrons. The highest BCUT2D eigenvalue weighted by Gasteiger charge is 2.38. The molecule has 0 amide bonds. The lowest BCUT2D eigenvalue weighted by Gasteiger charge is -2.14. The zero-order valence-corrected chi connectivity index (χ0v) is 8.29. The number of hydrogen-bond acceptors (Lipinski definition) is 2. The quantitative estimate of drug-likeness (QED) is 0.765. The summed E-state index contributed by atoms with van der Waals surface area (Å²) in [6, 6.07) is 2.68. The van der Waals surface area contributed by atoms with Crippen LogP contribution in [-0.4, -0.2) is 13.1 Å². The summed E-state index contributed by atoms with van der Waals surface area (Å²) < 4.78 is 5.06. The Labute approximate surface area is 79.3 Å². The zero-order chi connectivity index (χ0) is 9.26. The van der Waals surface area contributed by atoms with Crippen molar-refractivity contribution in [2.24, 2.45) is 11.8 Å². The minimum atomic E-state index is 0.632. The van der Waals surface area contributed by atoms with E-state index in [0.29, 0.717) is 6.04 Å². The monoisotopic (exact) mass is 179 g/mol. The first-order chi connectivity index (χ1) is 6.31. The number of rotatable bonds is 4. The minimum absolute atomic E-state index is 0.632. The summed E-state index contributed by atoms with van der Waals surface area (Å²) in [6.07, 6.45) is 6.07. The summed E-state index contributed by atoms with van der Waals surface area (Å²) in [5.41, 5.74) is 1.30. The topological polar surface area (TPSA) is 25.2 Å². The van der Waals surface area contributed by atoms with E-state index < -0.39 is 0 Å². The van der Waals surface area contributed by atoms with Crippen molar-refractivity contribution in [3.05, 3.63) is 24.2 Å². The maximum absolute atomic E-state index is 5.06. The van der Waals surface area contributed by atoms with Crippen LogP contribution < -0.4 is 5.32 Å². The molecular weight excluding hydrogens is 162 g/mol. The molecule has 2 nitrogen and oxygen atoms in total. The first-order valence-electron chi connectivity index (χ1n) is 4.99. The molecule has 72 valence electrons. The number of nitrogens with one attached hydrogen (secondary N) is 1. The lowest BCUT2D eigenvalue weighted by Crippen LogP contribution is -2.30.